The molecule has 0 saturated carbocycles. The van der Waals surface area contributed by atoms with E-state index in [4.69, 9.17) is 9.47 Å². The maximum absolute atomic E-state index is 12.2. The highest BCUT2D eigenvalue weighted by Gasteiger charge is 2.21. The topological polar surface area (TPSA) is 69.7 Å². The SMILES string of the molecule is CCS(=O)(=O)c1ccccc1C(=O)OCCOc1ccccc1C. The number of hydrogen-bond donors (Lipinski definition) is 0. The number of carbonyl (C=O) groups is 1. The Morgan fingerprint density at radius 3 is 2.38 bits per heavy atom. The molecule has 0 atom stereocenters. The molecule has 2 aromatic rings. The van der Waals surface area contributed by atoms with Crippen molar-refractivity contribution < 1.29 is 22.7 Å². The van der Waals surface area contributed by atoms with E-state index in [1.54, 1.807) is 12.1 Å². The highest BCUT2D eigenvalue weighted by atomic mass is 32.2. The molecule has 0 fully saturated rings. The highest BCUT2D eigenvalue weighted by molar-refractivity contribution is 7.91. The van der Waals surface area contributed by atoms with E-state index in [2.05, 4.69) is 0 Å². The van der Waals surface area contributed by atoms with Gasteiger partial charge in [0.2, 0.25) is 0 Å². The molecule has 0 heterocycles. The van der Waals surface area contributed by atoms with E-state index in [0.717, 1.165) is 11.3 Å². The zero-order valence-electron chi connectivity index (χ0n) is 13.7. The van der Waals surface area contributed by atoms with Gasteiger partial charge >= 0.3 is 5.97 Å². The molecule has 0 radical (unpaired) electrons. The van der Waals surface area contributed by atoms with E-state index in [1.807, 2.05) is 31.2 Å². The largest absolute Gasteiger partial charge is 0.490 e. The van der Waals surface area contributed by atoms with E-state index in [1.165, 1.54) is 19.1 Å². The molecule has 0 aliphatic heterocycles. The number of benzene rings is 2. The van der Waals surface area contributed by atoms with E-state index < -0.39 is 15.8 Å². The summed E-state index contributed by atoms with van der Waals surface area (Å²) < 4.78 is 34.8. The van der Waals surface area contributed by atoms with Crippen molar-refractivity contribution in [1.29, 1.82) is 0 Å². The van der Waals surface area contributed by atoms with Crippen molar-refractivity contribution in [3.63, 3.8) is 0 Å². The molecule has 0 amide bonds. The molecule has 0 N–H and O–H groups in total. The predicted octanol–water partition coefficient (Wildman–Crippen LogP) is 3.02. The van der Waals surface area contributed by atoms with Gasteiger partial charge in [-0.1, -0.05) is 37.3 Å². The van der Waals surface area contributed by atoms with Crippen LogP contribution in [0.15, 0.2) is 53.4 Å². The van der Waals surface area contributed by atoms with Crippen LogP contribution in [0.3, 0.4) is 0 Å². The molecular formula is C18H20O5S. The summed E-state index contributed by atoms with van der Waals surface area (Å²) in [6.07, 6.45) is 0. The van der Waals surface area contributed by atoms with Crippen LogP contribution in [-0.2, 0) is 14.6 Å². The molecule has 128 valence electrons. The van der Waals surface area contributed by atoms with Crippen molar-refractivity contribution in [3.8, 4) is 5.75 Å². The van der Waals surface area contributed by atoms with Gasteiger partial charge < -0.3 is 9.47 Å². The van der Waals surface area contributed by atoms with Gasteiger partial charge in [-0.3, -0.25) is 0 Å². The fraction of sp³-hybridized carbons (Fsp3) is 0.278. The lowest BCUT2D eigenvalue weighted by Gasteiger charge is -2.11. The second-order valence-electron chi connectivity index (χ2n) is 5.15. The van der Waals surface area contributed by atoms with Gasteiger partial charge in [0.25, 0.3) is 0 Å². The number of esters is 1. The number of sulfone groups is 1. The molecule has 6 heteroatoms. The van der Waals surface area contributed by atoms with Gasteiger partial charge in [-0.25, -0.2) is 13.2 Å². The van der Waals surface area contributed by atoms with Crippen molar-refractivity contribution in [2.45, 2.75) is 18.7 Å². The fourth-order valence-corrected chi connectivity index (χ4v) is 3.23. The zero-order chi connectivity index (χ0) is 17.6. The maximum Gasteiger partial charge on any atom is 0.339 e. The molecule has 0 aliphatic carbocycles. The second kappa shape index (κ2) is 7.97. The van der Waals surface area contributed by atoms with E-state index in [0.29, 0.717) is 0 Å². The summed E-state index contributed by atoms with van der Waals surface area (Å²) in [4.78, 5) is 12.2. The Bertz CT molecular complexity index is 812. The van der Waals surface area contributed by atoms with Crippen LogP contribution in [0.25, 0.3) is 0 Å². The lowest BCUT2D eigenvalue weighted by Crippen LogP contribution is -2.16. The summed E-state index contributed by atoms with van der Waals surface area (Å²) in [5, 5.41) is 0. The molecule has 0 aliphatic rings. The standard InChI is InChI=1S/C18H20O5S/c1-3-24(20,21)17-11-7-5-9-15(17)18(19)23-13-12-22-16-10-6-4-8-14(16)2/h4-11H,3,12-13H2,1-2H3. The average Bonchev–Trinajstić information content (AvgIpc) is 2.60. The van der Waals surface area contributed by atoms with Crippen LogP contribution in [0.2, 0.25) is 0 Å². The molecular weight excluding hydrogens is 328 g/mol. The molecule has 0 unspecified atom stereocenters. The van der Waals surface area contributed by atoms with Crippen LogP contribution in [0.5, 0.6) is 5.75 Å². The normalized spacial score (nSPS) is 11.1. The minimum Gasteiger partial charge on any atom is -0.490 e. The Labute approximate surface area is 142 Å². The number of para-hydroxylation sites is 1. The van der Waals surface area contributed by atoms with Gasteiger partial charge in [-0.2, -0.15) is 0 Å². The Morgan fingerprint density at radius 2 is 1.67 bits per heavy atom. The van der Waals surface area contributed by atoms with Crippen molar-refractivity contribution in [3.05, 3.63) is 59.7 Å². The van der Waals surface area contributed by atoms with Gasteiger partial charge in [-0.05, 0) is 30.7 Å². The first-order valence-corrected chi connectivity index (χ1v) is 9.28. The first-order chi connectivity index (χ1) is 11.5. The Morgan fingerprint density at radius 1 is 1.00 bits per heavy atom. The maximum atomic E-state index is 12.2. The minimum absolute atomic E-state index is 0.00248. The van der Waals surface area contributed by atoms with Crippen LogP contribution in [0.4, 0.5) is 0 Å². The molecule has 2 rings (SSSR count). The summed E-state index contributed by atoms with van der Waals surface area (Å²) >= 11 is 0. The average molecular weight is 348 g/mol. The molecule has 0 aromatic heterocycles. The Balaban J connectivity index is 1.98. The van der Waals surface area contributed by atoms with Gasteiger partial charge in [0.1, 0.15) is 19.0 Å². The Hall–Kier alpha value is -2.34. The molecule has 5 nitrogen and oxygen atoms in total. The van der Waals surface area contributed by atoms with E-state index in [9.17, 15) is 13.2 Å². The third-order valence-corrected chi connectivity index (χ3v) is 5.28. The van der Waals surface area contributed by atoms with Crippen LogP contribution in [-0.4, -0.2) is 33.4 Å². The number of ether oxygens (including phenoxy) is 2. The number of aryl methyl sites for hydroxylation is 1. The summed E-state index contributed by atoms with van der Waals surface area (Å²) in [7, 11) is -3.49. The first-order valence-electron chi connectivity index (χ1n) is 7.63. The summed E-state index contributed by atoms with van der Waals surface area (Å²) in [6.45, 7) is 3.69. The zero-order valence-corrected chi connectivity index (χ0v) is 14.5. The van der Waals surface area contributed by atoms with Crippen LogP contribution >= 0.6 is 0 Å². The third kappa shape index (κ3) is 4.35. The number of hydrogen-bond acceptors (Lipinski definition) is 5. The first kappa shape index (κ1) is 18.0. The quantitative estimate of drug-likeness (QED) is 0.568. The fourth-order valence-electron chi connectivity index (χ4n) is 2.14. The van der Waals surface area contributed by atoms with Crippen molar-refractivity contribution in [2.75, 3.05) is 19.0 Å². The number of carbonyl (C=O) groups excluding carboxylic acids is 1. The third-order valence-electron chi connectivity index (χ3n) is 3.49. The molecule has 24 heavy (non-hydrogen) atoms. The van der Waals surface area contributed by atoms with Gasteiger partial charge in [0, 0.05) is 0 Å². The van der Waals surface area contributed by atoms with Crippen molar-refractivity contribution in [2.24, 2.45) is 0 Å². The van der Waals surface area contributed by atoms with Gasteiger partial charge in [0.05, 0.1) is 16.2 Å². The molecule has 0 saturated heterocycles. The predicted molar refractivity (Wildman–Crippen MR) is 91.1 cm³/mol. The minimum atomic E-state index is -3.49. The van der Waals surface area contributed by atoms with Crippen LogP contribution in [0, 0.1) is 6.92 Å². The van der Waals surface area contributed by atoms with Crippen molar-refractivity contribution >= 4 is 15.8 Å². The van der Waals surface area contributed by atoms with Gasteiger partial charge in [0.15, 0.2) is 9.84 Å². The number of rotatable bonds is 7. The Kier molecular flexibility index (Phi) is 5.98. The lowest BCUT2D eigenvalue weighted by atomic mass is 10.2. The molecule has 2 aromatic carbocycles. The smallest absolute Gasteiger partial charge is 0.339 e. The second-order valence-corrected chi connectivity index (χ2v) is 7.40. The molecule has 0 bridgehead atoms. The summed E-state index contributed by atoms with van der Waals surface area (Å²) in [5.74, 6) is -0.0215. The summed E-state index contributed by atoms with van der Waals surface area (Å²) in [6, 6.07) is 13.6. The highest BCUT2D eigenvalue weighted by Crippen LogP contribution is 2.18. The van der Waals surface area contributed by atoms with Gasteiger partial charge in [-0.15, -0.1) is 0 Å². The van der Waals surface area contributed by atoms with Crippen LogP contribution < -0.4 is 4.74 Å². The summed E-state index contributed by atoms with van der Waals surface area (Å²) in [5.41, 5.74) is 1.04. The van der Waals surface area contributed by atoms with E-state index in [-0.39, 0.29) is 29.4 Å². The monoisotopic (exact) mass is 348 g/mol. The molecule has 0 spiro atoms. The van der Waals surface area contributed by atoms with Crippen LogP contribution in [0.1, 0.15) is 22.8 Å². The van der Waals surface area contributed by atoms with E-state index >= 15 is 0 Å². The lowest BCUT2D eigenvalue weighted by molar-refractivity contribution is 0.0445. The van der Waals surface area contributed by atoms with Crippen molar-refractivity contribution in [1.82, 2.24) is 0 Å².